The van der Waals surface area contributed by atoms with Gasteiger partial charge in [-0.05, 0) is 44.7 Å². The monoisotopic (exact) mass is 267 g/mol. The molecule has 3 heterocycles. The summed E-state index contributed by atoms with van der Waals surface area (Å²) in [6.45, 7) is 3.39. The van der Waals surface area contributed by atoms with E-state index in [2.05, 4.69) is 10.2 Å². The van der Waals surface area contributed by atoms with Crippen LogP contribution < -0.4 is 11.1 Å². The zero-order chi connectivity index (χ0) is 12.8. The van der Waals surface area contributed by atoms with E-state index in [0.717, 1.165) is 25.8 Å². The van der Waals surface area contributed by atoms with E-state index in [1.165, 1.54) is 25.9 Å². The van der Waals surface area contributed by atoms with E-state index in [9.17, 15) is 4.79 Å². The van der Waals surface area contributed by atoms with Gasteiger partial charge >= 0.3 is 0 Å². The van der Waals surface area contributed by atoms with Crippen LogP contribution in [0, 0.1) is 11.3 Å². The van der Waals surface area contributed by atoms with Gasteiger partial charge in [-0.15, -0.1) is 0 Å². The molecule has 0 aromatic carbocycles. The molecule has 1 unspecified atom stereocenters. The molecular formula is C13H21N3OS. The van der Waals surface area contributed by atoms with Gasteiger partial charge in [0.25, 0.3) is 0 Å². The molecular weight excluding hydrogens is 246 g/mol. The number of hydrogen-bond acceptors (Lipinski definition) is 3. The van der Waals surface area contributed by atoms with Crippen LogP contribution in [0.4, 0.5) is 0 Å². The van der Waals surface area contributed by atoms with Crippen LogP contribution in [0.1, 0.15) is 32.1 Å². The molecule has 100 valence electrons. The van der Waals surface area contributed by atoms with E-state index in [4.69, 9.17) is 18.0 Å². The predicted octanol–water partition coefficient (Wildman–Crippen LogP) is 0.653. The number of nitrogens with one attached hydrogen (secondary N) is 1. The standard InChI is InChI=1S/C13H21N3OS/c14-11(18)13(4-1-5-13)12(17)15-10-8-16-6-2-9(10)3-7-16/h9-10H,1-8H2,(H2,14,18)(H,15,17). The van der Waals surface area contributed by atoms with Gasteiger partial charge in [0.1, 0.15) is 0 Å². The third-order valence-electron chi connectivity index (χ3n) is 5.09. The van der Waals surface area contributed by atoms with Gasteiger partial charge in [0.15, 0.2) is 0 Å². The molecule has 4 fully saturated rings. The molecule has 1 atom stereocenters. The molecule has 3 N–H and O–H groups in total. The fraction of sp³-hybridized carbons (Fsp3) is 0.846. The lowest BCUT2D eigenvalue weighted by molar-refractivity contribution is -0.133. The molecule has 3 aliphatic heterocycles. The summed E-state index contributed by atoms with van der Waals surface area (Å²) in [4.78, 5) is 15.3. The van der Waals surface area contributed by atoms with Crippen molar-refractivity contribution in [3.63, 3.8) is 0 Å². The van der Waals surface area contributed by atoms with Crippen molar-refractivity contribution in [1.29, 1.82) is 0 Å². The average molecular weight is 267 g/mol. The van der Waals surface area contributed by atoms with E-state index in [-0.39, 0.29) is 5.91 Å². The Balaban J connectivity index is 1.66. The normalized spacial score (nSPS) is 36.8. The number of nitrogens with zero attached hydrogens (tertiary/aromatic N) is 1. The van der Waals surface area contributed by atoms with E-state index < -0.39 is 5.41 Å². The zero-order valence-corrected chi connectivity index (χ0v) is 11.5. The Hall–Kier alpha value is -0.680. The first-order chi connectivity index (χ1) is 8.62. The quantitative estimate of drug-likeness (QED) is 0.737. The first kappa shape index (κ1) is 12.4. The van der Waals surface area contributed by atoms with Crippen molar-refractivity contribution in [2.75, 3.05) is 19.6 Å². The summed E-state index contributed by atoms with van der Waals surface area (Å²) in [5.41, 5.74) is 5.25. The number of piperidine rings is 3. The smallest absolute Gasteiger partial charge is 0.233 e. The van der Waals surface area contributed by atoms with Gasteiger partial charge < -0.3 is 16.0 Å². The summed E-state index contributed by atoms with van der Waals surface area (Å²) in [6, 6.07) is 0.312. The van der Waals surface area contributed by atoms with Crippen molar-refractivity contribution >= 4 is 23.1 Å². The summed E-state index contributed by atoms with van der Waals surface area (Å²) in [5, 5.41) is 3.23. The first-order valence-electron chi connectivity index (χ1n) is 6.95. The minimum Gasteiger partial charge on any atom is -0.392 e. The van der Waals surface area contributed by atoms with Gasteiger partial charge in [0.05, 0.1) is 10.4 Å². The summed E-state index contributed by atoms with van der Waals surface area (Å²) in [7, 11) is 0. The van der Waals surface area contributed by atoms with Gasteiger partial charge in [-0.3, -0.25) is 4.79 Å². The Kier molecular flexibility index (Phi) is 3.06. The number of rotatable bonds is 3. The number of amides is 1. The number of carbonyl (C=O) groups is 1. The third kappa shape index (κ3) is 1.84. The maximum absolute atomic E-state index is 12.4. The Morgan fingerprint density at radius 1 is 1.33 bits per heavy atom. The Labute approximate surface area is 113 Å². The van der Waals surface area contributed by atoms with Crippen molar-refractivity contribution in [3.05, 3.63) is 0 Å². The Bertz CT molecular complexity index is 372. The van der Waals surface area contributed by atoms with Crippen LogP contribution >= 0.6 is 12.2 Å². The second-order valence-corrected chi connectivity index (χ2v) is 6.46. The Morgan fingerprint density at radius 2 is 2.00 bits per heavy atom. The predicted molar refractivity (Wildman–Crippen MR) is 74.2 cm³/mol. The van der Waals surface area contributed by atoms with Gasteiger partial charge in [0.2, 0.25) is 5.91 Å². The van der Waals surface area contributed by atoms with Crippen LogP contribution in [0.5, 0.6) is 0 Å². The van der Waals surface area contributed by atoms with Crippen LogP contribution in [0.25, 0.3) is 0 Å². The highest BCUT2D eigenvalue weighted by Crippen LogP contribution is 2.42. The first-order valence-corrected chi connectivity index (χ1v) is 7.36. The molecule has 0 radical (unpaired) electrons. The van der Waals surface area contributed by atoms with E-state index >= 15 is 0 Å². The number of carbonyl (C=O) groups excluding carboxylic acids is 1. The van der Waals surface area contributed by atoms with Crippen molar-refractivity contribution < 1.29 is 4.79 Å². The lowest BCUT2D eigenvalue weighted by atomic mass is 9.67. The van der Waals surface area contributed by atoms with Crippen LogP contribution in [0.2, 0.25) is 0 Å². The van der Waals surface area contributed by atoms with E-state index in [1.807, 2.05) is 0 Å². The third-order valence-corrected chi connectivity index (χ3v) is 5.48. The molecule has 4 nitrogen and oxygen atoms in total. The molecule has 5 heteroatoms. The maximum Gasteiger partial charge on any atom is 0.233 e. The summed E-state index contributed by atoms with van der Waals surface area (Å²) >= 11 is 5.10. The van der Waals surface area contributed by atoms with Gasteiger partial charge in [-0.1, -0.05) is 18.6 Å². The molecule has 3 saturated heterocycles. The highest BCUT2D eigenvalue weighted by atomic mass is 32.1. The highest BCUT2D eigenvalue weighted by Gasteiger charge is 2.48. The number of fused-ring (bicyclic) bond motifs is 3. The highest BCUT2D eigenvalue weighted by molar-refractivity contribution is 7.80. The van der Waals surface area contributed by atoms with Gasteiger partial charge in [-0.2, -0.15) is 0 Å². The number of thiocarbonyl (C=S) groups is 1. The molecule has 1 aliphatic carbocycles. The zero-order valence-electron chi connectivity index (χ0n) is 10.7. The second-order valence-electron chi connectivity index (χ2n) is 6.02. The lowest BCUT2D eigenvalue weighted by Crippen LogP contribution is -2.62. The SMILES string of the molecule is NC(=S)C1(C(=O)NC2CN3CCC2CC3)CCC1. The van der Waals surface area contributed by atoms with Crippen LogP contribution in [0.3, 0.4) is 0 Å². The fourth-order valence-corrected chi connectivity index (χ4v) is 3.85. The summed E-state index contributed by atoms with van der Waals surface area (Å²) in [5.74, 6) is 0.738. The van der Waals surface area contributed by atoms with E-state index in [0.29, 0.717) is 16.9 Å². The van der Waals surface area contributed by atoms with Crippen LogP contribution in [-0.4, -0.2) is 41.5 Å². The largest absolute Gasteiger partial charge is 0.392 e. The van der Waals surface area contributed by atoms with Crippen molar-refractivity contribution in [3.8, 4) is 0 Å². The average Bonchev–Trinajstić information content (AvgIpc) is 2.28. The molecule has 1 amide bonds. The molecule has 0 spiro atoms. The van der Waals surface area contributed by atoms with Crippen molar-refractivity contribution in [2.24, 2.45) is 17.1 Å². The Morgan fingerprint density at radius 3 is 2.39 bits per heavy atom. The summed E-state index contributed by atoms with van der Waals surface area (Å²) < 4.78 is 0. The molecule has 4 rings (SSSR count). The van der Waals surface area contributed by atoms with Crippen LogP contribution in [0.15, 0.2) is 0 Å². The molecule has 2 bridgehead atoms. The number of nitrogens with two attached hydrogens (primary N) is 1. The molecule has 1 saturated carbocycles. The van der Waals surface area contributed by atoms with E-state index in [1.54, 1.807) is 0 Å². The minimum atomic E-state index is -0.526. The summed E-state index contributed by atoms with van der Waals surface area (Å²) in [6.07, 6.45) is 5.14. The lowest BCUT2D eigenvalue weighted by Gasteiger charge is -2.47. The van der Waals surface area contributed by atoms with Crippen molar-refractivity contribution in [1.82, 2.24) is 10.2 Å². The molecule has 0 aromatic heterocycles. The van der Waals surface area contributed by atoms with Crippen molar-refractivity contribution in [2.45, 2.75) is 38.1 Å². The maximum atomic E-state index is 12.4. The molecule has 18 heavy (non-hydrogen) atoms. The number of hydrogen-bond donors (Lipinski definition) is 2. The topological polar surface area (TPSA) is 58.4 Å². The molecule has 4 aliphatic rings. The minimum absolute atomic E-state index is 0.0833. The molecule has 0 aromatic rings. The second kappa shape index (κ2) is 4.46. The van der Waals surface area contributed by atoms with Crippen LogP contribution in [-0.2, 0) is 4.79 Å². The fourth-order valence-electron chi connectivity index (χ4n) is 3.55. The van der Waals surface area contributed by atoms with Gasteiger partial charge in [0, 0.05) is 12.6 Å². The van der Waals surface area contributed by atoms with Gasteiger partial charge in [-0.25, -0.2) is 0 Å².